The summed E-state index contributed by atoms with van der Waals surface area (Å²) in [6, 6.07) is 14.7. The number of aliphatic carboxylic acids is 1. The standard InChI is InChI=1S/C17H17IN2O3/c18-13-6-7-14(15(19)10-13)17(23)20(9-8-16(21)22)11-12-4-2-1-3-5-12/h1-7,10H,8-9,11,19H2,(H,21,22). The van der Waals surface area contributed by atoms with Gasteiger partial charge in [0, 0.05) is 22.3 Å². The van der Waals surface area contributed by atoms with Crippen molar-refractivity contribution >= 4 is 40.2 Å². The fourth-order valence-corrected chi connectivity index (χ4v) is 2.70. The van der Waals surface area contributed by atoms with Crippen molar-refractivity contribution in [2.45, 2.75) is 13.0 Å². The van der Waals surface area contributed by atoms with E-state index in [1.807, 2.05) is 36.4 Å². The van der Waals surface area contributed by atoms with Crippen LogP contribution in [-0.2, 0) is 11.3 Å². The smallest absolute Gasteiger partial charge is 0.305 e. The molecule has 0 saturated carbocycles. The number of amides is 1. The molecule has 0 aliphatic carbocycles. The Hall–Kier alpha value is -2.09. The maximum atomic E-state index is 12.7. The molecule has 0 bridgehead atoms. The van der Waals surface area contributed by atoms with Gasteiger partial charge in [0.05, 0.1) is 12.0 Å². The van der Waals surface area contributed by atoms with Crippen LogP contribution >= 0.6 is 22.6 Å². The molecule has 0 saturated heterocycles. The lowest BCUT2D eigenvalue weighted by Crippen LogP contribution is -2.33. The summed E-state index contributed by atoms with van der Waals surface area (Å²) in [6.07, 6.45) is -0.108. The van der Waals surface area contributed by atoms with Crippen molar-refractivity contribution in [3.05, 3.63) is 63.2 Å². The molecule has 0 aliphatic rings. The maximum Gasteiger partial charge on any atom is 0.305 e. The fourth-order valence-electron chi connectivity index (χ4n) is 2.19. The van der Waals surface area contributed by atoms with Crippen molar-refractivity contribution < 1.29 is 14.7 Å². The summed E-state index contributed by atoms with van der Waals surface area (Å²) >= 11 is 2.12. The average Bonchev–Trinajstić information content (AvgIpc) is 2.51. The third-order valence-electron chi connectivity index (χ3n) is 3.34. The van der Waals surface area contributed by atoms with Crippen LogP contribution in [0.25, 0.3) is 0 Å². The number of hydrogen-bond donors (Lipinski definition) is 2. The Labute approximate surface area is 148 Å². The number of nitrogens with two attached hydrogens (primary N) is 1. The van der Waals surface area contributed by atoms with Crippen molar-refractivity contribution in [2.75, 3.05) is 12.3 Å². The van der Waals surface area contributed by atoms with Crippen molar-refractivity contribution in [1.82, 2.24) is 4.90 Å². The average molecular weight is 424 g/mol. The van der Waals surface area contributed by atoms with E-state index in [1.165, 1.54) is 4.90 Å². The highest BCUT2D eigenvalue weighted by atomic mass is 127. The Bertz CT molecular complexity index is 704. The maximum absolute atomic E-state index is 12.7. The largest absolute Gasteiger partial charge is 0.481 e. The first-order valence-corrected chi connectivity index (χ1v) is 8.15. The monoisotopic (exact) mass is 424 g/mol. The molecule has 6 heteroatoms. The summed E-state index contributed by atoms with van der Waals surface area (Å²) in [6.45, 7) is 0.479. The predicted molar refractivity (Wildman–Crippen MR) is 97.0 cm³/mol. The number of rotatable bonds is 6. The van der Waals surface area contributed by atoms with E-state index in [0.29, 0.717) is 17.8 Å². The highest BCUT2D eigenvalue weighted by Gasteiger charge is 2.19. The van der Waals surface area contributed by atoms with Gasteiger partial charge in [-0.25, -0.2) is 0 Å². The van der Waals surface area contributed by atoms with Gasteiger partial charge in [-0.15, -0.1) is 0 Å². The van der Waals surface area contributed by atoms with Gasteiger partial charge in [0.25, 0.3) is 5.91 Å². The van der Waals surface area contributed by atoms with E-state index in [1.54, 1.807) is 12.1 Å². The van der Waals surface area contributed by atoms with Crippen molar-refractivity contribution in [1.29, 1.82) is 0 Å². The van der Waals surface area contributed by atoms with E-state index in [4.69, 9.17) is 10.8 Å². The van der Waals surface area contributed by atoms with Gasteiger partial charge in [-0.1, -0.05) is 30.3 Å². The number of hydrogen-bond acceptors (Lipinski definition) is 3. The molecular weight excluding hydrogens is 407 g/mol. The van der Waals surface area contributed by atoms with Crippen LogP contribution in [0.4, 0.5) is 5.69 Å². The minimum absolute atomic E-state index is 0.108. The third-order valence-corrected chi connectivity index (χ3v) is 4.01. The third kappa shape index (κ3) is 4.95. The van der Waals surface area contributed by atoms with Crippen molar-refractivity contribution in [3.8, 4) is 0 Å². The Balaban J connectivity index is 2.24. The Morgan fingerprint density at radius 1 is 1.13 bits per heavy atom. The zero-order valence-electron chi connectivity index (χ0n) is 12.4. The molecule has 3 N–H and O–H groups in total. The number of anilines is 1. The Kier molecular flexibility index (Phi) is 5.97. The number of carboxylic acid groups (broad SMARTS) is 1. The molecule has 0 atom stereocenters. The van der Waals surface area contributed by atoms with Crippen molar-refractivity contribution in [3.63, 3.8) is 0 Å². The molecule has 2 rings (SSSR count). The predicted octanol–water partition coefficient (Wildman–Crippen LogP) is 2.99. The lowest BCUT2D eigenvalue weighted by molar-refractivity contribution is -0.137. The summed E-state index contributed by atoms with van der Waals surface area (Å²) in [5, 5.41) is 8.91. The summed E-state index contributed by atoms with van der Waals surface area (Å²) in [7, 11) is 0. The van der Waals surface area contributed by atoms with E-state index in [9.17, 15) is 9.59 Å². The summed E-state index contributed by atoms with van der Waals surface area (Å²) in [5.74, 6) is -1.20. The normalized spacial score (nSPS) is 10.3. The lowest BCUT2D eigenvalue weighted by Gasteiger charge is -2.23. The van der Waals surface area contributed by atoms with Crippen molar-refractivity contribution in [2.24, 2.45) is 0 Å². The van der Waals surface area contributed by atoms with Crippen LogP contribution in [0.1, 0.15) is 22.3 Å². The van der Waals surface area contributed by atoms with Crippen LogP contribution in [-0.4, -0.2) is 28.4 Å². The highest BCUT2D eigenvalue weighted by molar-refractivity contribution is 14.1. The van der Waals surface area contributed by atoms with Crippen LogP contribution in [0.3, 0.4) is 0 Å². The van der Waals surface area contributed by atoms with E-state index in [-0.39, 0.29) is 18.9 Å². The molecule has 0 radical (unpaired) electrons. The molecule has 0 spiro atoms. The number of nitrogens with zero attached hydrogens (tertiary/aromatic N) is 1. The second-order valence-corrected chi connectivity index (χ2v) is 6.33. The van der Waals surface area contributed by atoms with Gasteiger partial charge in [0.15, 0.2) is 0 Å². The van der Waals surface area contributed by atoms with Crippen LogP contribution in [0, 0.1) is 3.57 Å². The molecule has 0 unspecified atom stereocenters. The molecule has 0 heterocycles. The van der Waals surface area contributed by atoms with Gasteiger partial charge in [0.1, 0.15) is 0 Å². The Morgan fingerprint density at radius 2 is 1.83 bits per heavy atom. The molecular formula is C17H17IN2O3. The van der Waals surface area contributed by atoms with Crippen LogP contribution < -0.4 is 5.73 Å². The van der Waals surface area contributed by atoms with E-state index in [0.717, 1.165) is 9.13 Å². The van der Waals surface area contributed by atoms with Gasteiger partial charge >= 0.3 is 5.97 Å². The van der Waals surface area contributed by atoms with Gasteiger partial charge in [0.2, 0.25) is 0 Å². The number of nitrogen functional groups attached to an aromatic ring is 1. The van der Waals surface area contributed by atoms with Gasteiger partial charge in [-0.05, 0) is 46.4 Å². The zero-order valence-corrected chi connectivity index (χ0v) is 14.6. The summed E-state index contributed by atoms with van der Waals surface area (Å²) in [4.78, 5) is 25.1. The van der Waals surface area contributed by atoms with Gasteiger partial charge in [-0.3, -0.25) is 9.59 Å². The second-order valence-electron chi connectivity index (χ2n) is 5.09. The SMILES string of the molecule is Nc1cc(I)ccc1C(=O)N(CCC(=O)O)Cc1ccccc1. The van der Waals surface area contributed by atoms with Crippen LogP contribution in [0.15, 0.2) is 48.5 Å². The number of carbonyl (C=O) groups excluding carboxylic acids is 1. The molecule has 0 aliphatic heterocycles. The lowest BCUT2D eigenvalue weighted by atomic mass is 10.1. The van der Waals surface area contributed by atoms with E-state index < -0.39 is 5.97 Å². The number of benzene rings is 2. The first-order valence-electron chi connectivity index (χ1n) is 7.07. The molecule has 120 valence electrons. The molecule has 0 aromatic heterocycles. The molecule has 2 aromatic carbocycles. The van der Waals surface area contributed by atoms with Crippen LogP contribution in [0.5, 0.6) is 0 Å². The number of halogens is 1. The number of carboxylic acids is 1. The minimum Gasteiger partial charge on any atom is -0.481 e. The first kappa shape index (κ1) is 17.3. The van der Waals surface area contributed by atoms with Gasteiger partial charge < -0.3 is 15.7 Å². The highest BCUT2D eigenvalue weighted by Crippen LogP contribution is 2.19. The fraction of sp³-hybridized carbons (Fsp3) is 0.176. The first-order chi connectivity index (χ1) is 11.0. The minimum atomic E-state index is -0.938. The molecule has 23 heavy (non-hydrogen) atoms. The molecule has 2 aromatic rings. The zero-order chi connectivity index (χ0) is 16.8. The summed E-state index contributed by atoms with van der Waals surface area (Å²) in [5.41, 5.74) is 7.67. The van der Waals surface area contributed by atoms with E-state index >= 15 is 0 Å². The molecule has 5 nitrogen and oxygen atoms in total. The molecule has 1 amide bonds. The quantitative estimate of drug-likeness (QED) is 0.552. The van der Waals surface area contributed by atoms with Crippen LogP contribution in [0.2, 0.25) is 0 Å². The van der Waals surface area contributed by atoms with E-state index in [2.05, 4.69) is 22.6 Å². The second kappa shape index (κ2) is 7.96. The molecule has 0 fully saturated rings. The van der Waals surface area contributed by atoms with Gasteiger partial charge in [-0.2, -0.15) is 0 Å². The number of carbonyl (C=O) groups is 2. The summed E-state index contributed by atoms with van der Waals surface area (Å²) < 4.78 is 0.941. The topological polar surface area (TPSA) is 83.6 Å². The Morgan fingerprint density at radius 3 is 2.43 bits per heavy atom.